The lowest BCUT2D eigenvalue weighted by Crippen LogP contribution is -2.48. The molecular weight excluding hydrogens is 246 g/mol. The van der Waals surface area contributed by atoms with E-state index in [2.05, 4.69) is 26.0 Å². The zero-order valence-corrected chi connectivity index (χ0v) is 12.3. The van der Waals surface area contributed by atoms with Crippen molar-refractivity contribution < 1.29 is 9.53 Å². The summed E-state index contributed by atoms with van der Waals surface area (Å²) in [5.41, 5.74) is 7.53. The highest BCUT2D eigenvalue weighted by molar-refractivity contribution is 7.99. The Morgan fingerprint density at radius 2 is 2.06 bits per heavy atom. The number of thioether (sulfide) groups is 1. The number of carbonyl (C=O) groups excluding carboxylic acids is 1. The van der Waals surface area contributed by atoms with Crippen LogP contribution in [0, 0.1) is 13.8 Å². The Labute approximate surface area is 113 Å². The molecule has 0 aliphatic rings. The van der Waals surface area contributed by atoms with Gasteiger partial charge in [0.25, 0.3) is 0 Å². The first-order chi connectivity index (χ1) is 8.36. The van der Waals surface area contributed by atoms with Crippen molar-refractivity contribution in [3.8, 4) is 0 Å². The minimum Gasteiger partial charge on any atom is -0.465 e. The summed E-state index contributed by atoms with van der Waals surface area (Å²) in [6.45, 7) is 8.01. The summed E-state index contributed by atoms with van der Waals surface area (Å²) in [4.78, 5) is 12.8. The number of rotatable bonds is 5. The van der Waals surface area contributed by atoms with Crippen LogP contribution in [0.4, 0.5) is 0 Å². The number of ether oxygens (including phenoxy) is 1. The van der Waals surface area contributed by atoms with Crippen LogP contribution in [0.2, 0.25) is 0 Å². The second-order valence-corrected chi connectivity index (χ2v) is 5.72. The summed E-state index contributed by atoms with van der Waals surface area (Å²) in [6.07, 6.45) is 0. The number of hydrogen-bond acceptors (Lipinski definition) is 4. The van der Waals surface area contributed by atoms with Gasteiger partial charge in [0, 0.05) is 10.6 Å². The van der Waals surface area contributed by atoms with Gasteiger partial charge in [-0.05, 0) is 51.0 Å². The van der Waals surface area contributed by atoms with E-state index in [1.54, 1.807) is 25.6 Å². The van der Waals surface area contributed by atoms with Crippen LogP contribution in [0.3, 0.4) is 0 Å². The Balaban J connectivity index is 2.63. The average Bonchev–Trinajstić information content (AvgIpc) is 2.31. The monoisotopic (exact) mass is 267 g/mol. The molecule has 4 heteroatoms. The first-order valence-electron chi connectivity index (χ1n) is 6.03. The highest BCUT2D eigenvalue weighted by atomic mass is 32.2. The molecular formula is C14H21NO2S. The third-order valence-electron chi connectivity index (χ3n) is 2.76. The number of benzene rings is 1. The van der Waals surface area contributed by atoms with Gasteiger partial charge in [0.1, 0.15) is 5.54 Å². The summed E-state index contributed by atoms with van der Waals surface area (Å²) >= 11 is 1.58. The number of nitrogens with two attached hydrogens (primary N) is 1. The second-order valence-electron chi connectivity index (χ2n) is 4.67. The summed E-state index contributed by atoms with van der Waals surface area (Å²) in [5, 5.41) is 0. The Morgan fingerprint density at radius 3 is 2.61 bits per heavy atom. The maximum Gasteiger partial charge on any atom is 0.326 e. The molecule has 1 aromatic rings. The minimum absolute atomic E-state index is 0.346. The summed E-state index contributed by atoms with van der Waals surface area (Å²) in [6, 6.07) is 6.24. The smallest absolute Gasteiger partial charge is 0.326 e. The van der Waals surface area contributed by atoms with Crippen LogP contribution in [-0.4, -0.2) is 23.9 Å². The molecule has 0 aliphatic heterocycles. The number of hydrogen-bond donors (Lipinski definition) is 1. The fraction of sp³-hybridized carbons (Fsp3) is 0.500. The van der Waals surface area contributed by atoms with Crippen LogP contribution >= 0.6 is 11.8 Å². The van der Waals surface area contributed by atoms with E-state index in [-0.39, 0.29) is 5.97 Å². The van der Waals surface area contributed by atoms with Crippen LogP contribution in [0.5, 0.6) is 0 Å². The minimum atomic E-state index is -0.945. The number of carbonyl (C=O) groups is 1. The molecule has 0 aliphatic carbocycles. The molecule has 1 rings (SSSR count). The van der Waals surface area contributed by atoms with Gasteiger partial charge in [0.2, 0.25) is 0 Å². The van der Waals surface area contributed by atoms with E-state index < -0.39 is 5.54 Å². The van der Waals surface area contributed by atoms with E-state index in [0.29, 0.717) is 12.4 Å². The molecule has 0 saturated carbocycles. The standard InChI is InChI=1S/C14H21NO2S/c1-5-17-13(16)14(4,15)9-18-12-7-6-10(2)11(3)8-12/h6-8H,5,9,15H2,1-4H3. The van der Waals surface area contributed by atoms with Crippen molar-refractivity contribution in [2.24, 2.45) is 5.73 Å². The van der Waals surface area contributed by atoms with E-state index >= 15 is 0 Å². The third-order valence-corrected chi connectivity index (χ3v) is 4.09. The molecule has 0 heterocycles. The van der Waals surface area contributed by atoms with Crippen LogP contribution in [-0.2, 0) is 9.53 Å². The normalized spacial score (nSPS) is 14.1. The molecule has 0 fully saturated rings. The van der Waals surface area contributed by atoms with Crippen molar-refractivity contribution in [3.63, 3.8) is 0 Å². The van der Waals surface area contributed by atoms with Crippen molar-refractivity contribution in [2.75, 3.05) is 12.4 Å². The molecule has 0 amide bonds. The lowest BCUT2D eigenvalue weighted by molar-refractivity contribution is -0.148. The van der Waals surface area contributed by atoms with E-state index in [4.69, 9.17) is 10.5 Å². The van der Waals surface area contributed by atoms with Gasteiger partial charge in [-0.1, -0.05) is 6.07 Å². The van der Waals surface area contributed by atoms with Gasteiger partial charge in [-0.3, -0.25) is 4.79 Å². The van der Waals surface area contributed by atoms with Crippen LogP contribution in [0.25, 0.3) is 0 Å². The fourth-order valence-corrected chi connectivity index (χ4v) is 2.40. The van der Waals surface area contributed by atoms with Crippen LogP contribution in [0.15, 0.2) is 23.1 Å². The topological polar surface area (TPSA) is 52.3 Å². The van der Waals surface area contributed by atoms with E-state index in [1.807, 2.05) is 6.07 Å². The molecule has 100 valence electrons. The van der Waals surface area contributed by atoms with Gasteiger partial charge >= 0.3 is 5.97 Å². The Morgan fingerprint density at radius 1 is 1.39 bits per heavy atom. The van der Waals surface area contributed by atoms with Crippen LogP contribution < -0.4 is 5.73 Å². The molecule has 0 aromatic heterocycles. The van der Waals surface area contributed by atoms with Crippen molar-refractivity contribution in [1.29, 1.82) is 0 Å². The molecule has 0 spiro atoms. The van der Waals surface area contributed by atoms with Gasteiger partial charge in [0.05, 0.1) is 6.61 Å². The Kier molecular flexibility index (Phi) is 5.23. The molecule has 1 atom stereocenters. The van der Waals surface area contributed by atoms with Gasteiger partial charge in [-0.15, -0.1) is 11.8 Å². The quantitative estimate of drug-likeness (QED) is 0.658. The van der Waals surface area contributed by atoms with E-state index in [9.17, 15) is 4.79 Å². The molecule has 1 unspecified atom stereocenters. The number of aryl methyl sites for hydroxylation is 2. The van der Waals surface area contributed by atoms with Gasteiger partial charge < -0.3 is 10.5 Å². The van der Waals surface area contributed by atoms with Crippen molar-refractivity contribution in [1.82, 2.24) is 0 Å². The Hall–Kier alpha value is -1.00. The number of esters is 1. The Bertz CT molecular complexity index is 430. The van der Waals surface area contributed by atoms with Gasteiger partial charge in [-0.2, -0.15) is 0 Å². The van der Waals surface area contributed by atoms with Crippen molar-refractivity contribution >= 4 is 17.7 Å². The maximum atomic E-state index is 11.6. The lowest BCUT2D eigenvalue weighted by Gasteiger charge is -2.21. The molecule has 0 saturated heterocycles. The predicted octanol–water partition coefficient (Wildman–Crippen LogP) is 2.68. The van der Waals surface area contributed by atoms with Crippen LogP contribution in [0.1, 0.15) is 25.0 Å². The SMILES string of the molecule is CCOC(=O)C(C)(N)CSc1ccc(C)c(C)c1. The largest absolute Gasteiger partial charge is 0.465 e. The highest BCUT2D eigenvalue weighted by Gasteiger charge is 2.29. The molecule has 0 radical (unpaired) electrons. The second kappa shape index (κ2) is 6.25. The zero-order chi connectivity index (χ0) is 13.8. The van der Waals surface area contributed by atoms with E-state index in [1.165, 1.54) is 11.1 Å². The molecule has 0 bridgehead atoms. The van der Waals surface area contributed by atoms with Crippen molar-refractivity contribution in [3.05, 3.63) is 29.3 Å². The summed E-state index contributed by atoms with van der Waals surface area (Å²) in [5.74, 6) is 0.162. The van der Waals surface area contributed by atoms with Crippen molar-refractivity contribution in [2.45, 2.75) is 38.1 Å². The fourth-order valence-electron chi connectivity index (χ4n) is 1.39. The first-order valence-corrected chi connectivity index (χ1v) is 7.01. The predicted molar refractivity (Wildman–Crippen MR) is 75.9 cm³/mol. The molecule has 2 N–H and O–H groups in total. The zero-order valence-electron chi connectivity index (χ0n) is 11.4. The molecule has 3 nitrogen and oxygen atoms in total. The van der Waals surface area contributed by atoms with Gasteiger partial charge in [-0.25, -0.2) is 0 Å². The molecule has 18 heavy (non-hydrogen) atoms. The summed E-state index contributed by atoms with van der Waals surface area (Å²) in [7, 11) is 0. The molecule has 1 aromatic carbocycles. The van der Waals surface area contributed by atoms with E-state index in [0.717, 1.165) is 4.90 Å². The first kappa shape index (κ1) is 15.1. The maximum absolute atomic E-state index is 11.6. The highest BCUT2D eigenvalue weighted by Crippen LogP contribution is 2.24. The lowest BCUT2D eigenvalue weighted by atomic mass is 10.1. The summed E-state index contributed by atoms with van der Waals surface area (Å²) < 4.78 is 4.96. The average molecular weight is 267 g/mol. The third kappa shape index (κ3) is 4.03. The van der Waals surface area contributed by atoms with Gasteiger partial charge in [0.15, 0.2) is 0 Å².